The molecule has 2 aromatic heterocycles. The van der Waals surface area contributed by atoms with E-state index in [0.717, 1.165) is 35.6 Å². The Bertz CT molecular complexity index is 1030. The van der Waals surface area contributed by atoms with Gasteiger partial charge in [-0.2, -0.15) is 9.83 Å². The second kappa shape index (κ2) is 6.89. The Labute approximate surface area is 156 Å². The van der Waals surface area contributed by atoms with Gasteiger partial charge in [-0.3, -0.25) is 4.79 Å². The van der Waals surface area contributed by atoms with E-state index in [1.807, 2.05) is 41.2 Å². The Morgan fingerprint density at radius 3 is 2.96 bits per heavy atom. The second-order valence-corrected chi connectivity index (χ2v) is 8.07. The van der Waals surface area contributed by atoms with Crippen LogP contribution in [0.2, 0.25) is 0 Å². The molecule has 0 saturated carbocycles. The van der Waals surface area contributed by atoms with Crippen LogP contribution in [0.15, 0.2) is 42.7 Å². The number of nitriles is 1. The number of amides is 1. The average molecular weight is 362 g/mol. The third kappa shape index (κ3) is 3.21. The third-order valence-electron chi connectivity index (χ3n) is 4.95. The van der Waals surface area contributed by atoms with Gasteiger partial charge >= 0.3 is 0 Å². The largest absolute Gasteiger partial charge is 0.311 e. The number of hydrogen-bond acceptors (Lipinski definition) is 3. The van der Waals surface area contributed by atoms with E-state index in [1.54, 1.807) is 11.3 Å². The normalized spacial score (nSPS) is 16.1. The van der Waals surface area contributed by atoms with Gasteiger partial charge in [0, 0.05) is 16.3 Å². The van der Waals surface area contributed by atoms with E-state index in [9.17, 15) is 10.1 Å². The highest BCUT2D eigenvalue weighted by Crippen LogP contribution is 2.39. The van der Waals surface area contributed by atoms with Gasteiger partial charge in [-0.25, -0.2) is 0 Å². The molecule has 0 unspecified atom stereocenters. The van der Waals surface area contributed by atoms with E-state index in [2.05, 4.69) is 24.4 Å². The Kier molecular flexibility index (Phi) is 4.44. The van der Waals surface area contributed by atoms with Crippen molar-refractivity contribution >= 4 is 33.0 Å². The minimum absolute atomic E-state index is 0.103. The van der Waals surface area contributed by atoms with Gasteiger partial charge in [-0.05, 0) is 42.2 Å². The van der Waals surface area contributed by atoms with Crippen molar-refractivity contribution < 1.29 is 9.36 Å². The Morgan fingerprint density at radius 1 is 1.35 bits per heavy atom. The maximum absolute atomic E-state index is 12.5. The van der Waals surface area contributed by atoms with Crippen molar-refractivity contribution in [1.29, 1.82) is 5.26 Å². The maximum atomic E-state index is 12.5. The number of rotatable bonds is 3. The predicted molar refractivity (Wildman–Crippen MR) is 103 cm³/mol. The van der Waals surface area contributed by atoms with Crippen LogP contribution in [-0.2, 0) is 24.2 Å². The molecule has 0 fully saturated rings. The van der Waals surface area contributed by atoms with E-state index in [-0.39, 0.29) is 12.5 Å². The van der Waals surface area contributed by atoms with Crippen LogP contribution < -0.4 is 9.88 Å². The Morgan fingerprint density at radius 2 is 2.15 bits per heavy atom. The van der Waals surface area contributed by atoms with E-state index in [4.69, 9.17) is 0 Å². The first kappa shape index (κ1) is 16.7. The number of nitrogens with one attached hydrogen (secondary N) is 1. The van der Waals surface area contributed by atoms with Gasteiger partial charge in [0.2, 0.25) is 6.54 Å². The molecule has 0 radical (unpaired) electrons. The predicted octanol–water partition coefficient (Wildman–Crippen LogP) is 3.82. The molecule has 26 heavy (non-hydrogen) atoms. The van der Waals surface area contributed by atoms with Crippen molar-refractivity contribution in [1.82, 2.24) is 0 Å². The summed E-state index contributed by atoms with van der Waals surface area (Å²) in [5.41, 5.74) is 1.80. The molecule has 0 spiro atoms. The zero-order chi connectivity index (χ0) is 18.1. The first-order chi connectivity index (χ1) is 12.6. The van der Waals surface area contributed by atoms with Crippen LogP contribution in [0, 0.1) is 17.2 Å². The van der Waals surface area contributed by atoms with Crippen LogP contribution in [0.25, 0.3) is 10.8 Å². The summed E-state index contributed by atoms with van der Waals surface area (Å²) in [4.78, 5) is 13.8. The number of pyridine rings is 1. The minimum atomic E-state index is -0.103. The molecule has 1 aliphatic rings. The molecule has 1 aliphatic carbocycles. The number of thiophene rings is 1. The summed E-state index contributed by atoms with van der Waals surface area (Å²) in [7, 11) is 0. The van der Waals surface area contributed by atoms with Crippen LogP contribution >= 0.6 is 11.3 Å². The van der Waals surface area contributed by atoms with Crippen molar-refractivity contribution in [3.63, 3.8) is 0 Å². The second-order valence-electron chi connectivity index (χ2n) is 6.96. The lowest BCUT2D eigenvalue weighted by molar-refractivity contribution is -0.682. The molecule has 0 aliphatic heterocycles. The first-order valence-electron chi connectivity index (χ1n) is 8.86. The summed E-state index contributed by atoms with van der Waals surface area (Å²) in [6.45, 7) is 2.47. The summed E-state index contributed by atoms with van der Waals surface area (Å²) >= 11 is 1.57. The first-order valence-corrected chi connectivity index (χ1v) is 9.68. The molecule has 3 aromatic rings. The number of benzene rings is 1. The molecule has 4 nitrogen and oxygen atoms in total. The number of fused-ring (bicyclic) bond motifs is 2. The number of aromatic nitrogens is 1. The summed E-state index contributed by atoms with van der Waals surface area (Å²) in [5.74, 6) is 0.540. The zero-order valence-electron chi connectivity index (χ0n) is 14.7. The van der Waals surface area contributed by atoms with Gasteiger partial charge in [-0.1, -0.05) is 25.1 Å². The molecule has 130 valence electrons. The van der Waals surface area contributed by atoms with Crippen molar-refractivity contribution in [3.8, 4) is 6.07 Å². The third-order valence-corrected chi connectivity index (χ3v) is 6.12. The monoisotopic (exact) mass is 362 g/mol. The number of anilines is 1. The lowest BCUT2D eigenvalue weighted by atomic mass is 9.89. The van der Waals surface area contributed by atoms with Gasteiger partial charge in [0.1, 0.15) is 11.1 Å². The molecule has 1 atom stereocenters. The maximum Gasteiger partial charge on any atom is 0.290 e. The van der Waals surface area contributed by atoms with Crippen LogP contribution in [0.5, 0.6) is 0 Å². The highest BCUT2D eigenvalue weighted by atomic mass is 32.1. The Hall–Kier alpha value is -2.71. The molecule has 0 bridgehead atoms. The highest BCUT2D eigenvalue weighted by Gasteiger charge is 2.25. The van der Waals surface area contributed by atoms with Crippen LogP contribution in [-0.4, -0.2) is 5.91 Å². The van der Waals surface area contributed by atoms with Crippen LogP contribution in [0.4, 0.5) is 5.00 Å². The molecule has 2 heterocycles. The summed E-state index contributed by atoms with van der Waals surface area (Å²) in [6.07, 6.45) is 6.93. The number of carbonyl (C=O) groups excluding carboxylic acids is 1. The van der Waals surface area contributed by atoms with Crippen LogP contribution in [0.3, 0.4) is 0 Å². The molecule has 1 aromatic carbocycles. The topological polar surface area (TPSA) is 56.8 Å². The van der Waals surface area contributed by atoms with Crippen molar-refractivity contribution in [2.75, 3.05) is 5.32 Å². The number of hydrogen-bond donors (Lipinski definition) is 1. The van der Waals surface area contributed by atoms with Crippen LogP contribution in [0.1, 0.15) is 29.3 Å². The average Bonchev–Trinajstić information content (AvgIpc) is 2.97. The molecular weight excluding hydrogens is 342 g/mol. The van der Waals surface area contributed by atoms with Gasteiger partial charge in [0.25, 0.3) is 5.91 Å². The SMILES string of the molecule is C[C@H]1CCc2c(sc(NC(=O)C[n+]3ccc4ccccc4c3)c2C#N)C1. The molecule has 1 amide bonds. The number of carbonyl (C=O) groups is 1. The summed E-state index contributed by atoms with van der Waals surface area (Å²) < 4.78 is 1.87. The van der Waals surface area contributed by atoms with Gasteiger partial charge in [0.15, 0.2) is 12.4 Å². The summed E-state index contributed by atoms with van der Waals surface area (Å²) in [6, 6.07) is 12.4. The van der Waals surface area contributed by atoms with Gasteiger partial charge in [-0.15, -0.1) is 11.3 Å². The van der Waals surface area contributed by atoms with Crippen molar-refractivity contribution in [2.45, 2.75) is 32.7 Å². The quantitative estimate of drug-likeness (QED) is 0.720. The highest BCUT2D eigenvalue weighted by molar-refractivity contribution is 7.16. The number of nitrogens with zero attached hydrogens (tertiary/aromatic N) is 2. The zero-order valence-corrected chi connectivity index (χ0v) is 15.5. The van der Waals surface area contributed by atoms with Gasteiger partial charge < -0.3 is 5.32 Å². The molecular formula is C21H20N3OS+. The lowest BCUT2D eigenvalue weighted by Gasteiger charge is -2.17. The van der Waals surface area contributed by atoms with E-state index in [0.29, 0.717) is 16.5 Å². The molecule has 5 heteroatoms. The van der Waals surface area contributed by atoms with E-state index in [1.165, 1.54) is 4.88 Å². The fraction of sp³-hybridized carbons (Fsp3) is 0.286. The van der Waals surface area contributed by atoms with Crippen molar-refractivity contribution in [3.05, 3.63) is 58.7 Å². The van der Waals surface area contributed by atoms with Gasteiger partial charge in [0.05, 0.1) is 5.56 Å². The van der Waals surface area contributed by atoms with E-state index >= 15 is 0 Å². The van der Waals surface area contributed by atoms with Crippen molar-refractivity contribution in [2.24, 2.45) is 5.92 Å². The summed E-state index contributed by atoms with van der Waals surface area (Å²) in [5, 5.41) is 15.5. The van der Waals surface area contributed by atoms with E-state index < -0.39 is 0 Å². The Balaban J connectivity index is 1.53. The standard InChI is InChI=1S/C21H19N3OS/c1-14-6-7-17-18(11-22)21(26-19(17)10-14)23-20(25)13-24-9-8-15-4-2-3-5-16(15)12-24/h2-5,8-9,12,14H,6-7,10,13H2,1H3/p+1/t14-/m0/s1. The molecule has 4 rings (SSSR count). The minimum Gasteiger partial charge on any atom is -0.311 e. The molecule has 0 saturated heterocycles. The molecule has 1 N–H and O–H groups in total. The smallest absolute Gasteiger partial charge is 0.290 e. The fourth-order valence-electron chi connectivity index (χ4n) is 3.57. The lowest BCUT2D eigenvalue weighted by Crippen LogP contribution is -2.39. The fourth-order valence-corrected chi connectivity index (χ4v) is 4.94.